The lowest BCUT2D eigenvalue weighted by Crippen LogP contribution is -2.30. The van der Waals surface area contributed by atoms with Crippen LogP contribution in [0.1, 0.15) is 31.7 Å². The van der Waals surface area contributed by atoms with E-state index in [9.17, 15) is 14.0 Å². The van der Waals surface area contributed by atoms with Crippen molar-refractivity contribution < 1.29 is 19.1 Å². The second-order valence-corrected chi connectivity index (χ2v) is 4.84. The summed E-state index contributed by atoms with van der Waals surface area (Å²) in [5, 5.41) is 11.8. The van der Waals surface area contributed by atoms with Gasteiger partial charge in [-0.25, -0.2) is 4.39 Å². The van der Waals surface area contributed by atoms with Gasteiger partial charge in [-0.2, -0.15) is 0 Å². The van der Waals surface area contributed by atoms with E-state index in [0.29, 0.717) is 18.0 Å². The predicted molar refractivity (Wildman–Crippen MR) is 69.2 cm³/mol. The molecule has 0 aromatic heterocycles. The van der Waals surface area contributed by atoms with Gasteiger partial charge < -0.3 is 10.4 Å². The summed E-state index contributed by atoms with van der Waals surface area (Å²) in [6.45, 7) is 4.42. The van der Waals surface area contributed by atoms with Crippen LogP contribution in [0.5, 0.6) is 0 Å². The van der Waals surface area contributed by atoms with Crippen LogP contribution in [0, 0.1) is 11.7 Å². The van der Waals surface area contributed by atoms with Gasteiger partial charge in [0.1, 0.15) is 5.82 Å². The van der Waals surface area contributed by atoms with Crippen molar-refractivity contribution in [2.24, 2.45) is 5.92 Å². The number of aliphatic carboxylic acids is 1. The summed E-state index contributed by atoms with van der Waals surface area (Å²) in [6.07, 6.45) is -0.145. The molecule has 2 N–H and O–H groups in total. The quantitative estimate of drug-likeness (QED) is 0.830. The number of rotatable bonds is 6. The van der Waals surface area contributed by atoms with E-state index in [1.165, 1.54) is 24.3 Å². The number of halogens is 1. The number of hydrogen-bond donors (Lipinski definition) is 2. The van der Waals surface area contributed by atoms with Gasteiger partial charge in [-0.15, -0.1) is 0 Å². The van der Waals surface area contributed by atoms with Crippen LogP contribution in [0.4, 0.5) is 4.39 Å². The first-order valence-corrected chi connectivity index (χ1v) is 6.15. The number of carboxylic acid groups (broad SMARTS) is 1. The Balaban J connectivity index is 2.71. The standard InChI is InChI=1S/C14H18FNO3/c1-9(2)8-16-13(17)7-12(14(18)19)10-3-5-11(15)6-4-10/h3-6,9,12H,7-8H2,1-2H3,(H,16,17)(H,18,19). The highest BCUT2D eigenvalue weighted by atomic mass is 19.1. The number of benzene rings is 1. The van der Waals surface area contributed by atoms with E-state index in [4.69, 9.17) is 5.11 Å². The normalized spacial score (nSPS) is 12.2. The zero-order valence-corrected chi connectivity index (χ0v) is 11.0. The summed E-state index contributed by atoms with van der Waals surface area (Å²) in [6, 6.07) is 5.17. The summed E-state index contributed by atoms with van der Waals surface area (Å²) >= 11 is 0. The molecular weight excluding hydrogens is 249 g/mol. The minimum absolute atomic E-state index is 0.145. The largest absolute Gasteiger partial charge is 0.481 e. The fourth-order valence-electron chi connectivity index (χ4n) is 1.62. The van der Waals surface area contributed by atoms with Crippen LogP contribution in [0.3, 0.4) is 0 Å². The van der Waals surface area contributed by atoms with E-state index in [1.807, 2.05) is 13.8 Å². The zero-order chi connectivity index (χ0) is 14.4. The summed E-state index contributed by atoms with van der Waals surface area (Å²) in [5.74, 6) is -2.49. The number of hydrogen-bond acceptors (Lipinski definition) is 2. The Morgan fingerprint density at radius 2 is 1.84 bits per heavy atom. The molecule has 1 atom stereocenters. The van der Waals surface area contributed by atoms with Crippen LogP contribution in [-0.2, 0) is 9.59 Å². The first-order valence-electron chi connectivity index (χ1n) is 6.15. The SMILES string of the molecule is CC(C)CNC(=O)CC(C(=O)O)c1ccc(F)cc1. The Bertz CT molecular complexity index is 443. The smallest absolute Gasteiger partial charge is 0.311 e. The van der Waals surface area contributed by atoms with Crippen molar-refractivity contribution in [1.82, 2.24) is 5.32 Å². The van der Waals surface area contributed by atoms with Crippen LogP contribution in [0.2, 0.25) is 0 Å². The van der Waals surface area contributed by atoms with Crippen molar-refractivity contribution >= 4 is 11.9 Å². The van der Waals surface area contributed by atoms with Crippen LogP contribution in [0.25, 0.3) is 0 Å². The minimum atomic E-state index is -1.09. The summed E-state index contributed by atoms with van der Waals surface area (Å²) in [4.78, 5) is 22.8. The summed E-state index contributed by atoms with van der Waals surface area (Å²) < 4.78 is 12.8. The molecule has 1 unspecified atom stereocenters. The number of nitrogens with one attached hydrogen (secondary N) is 1. The monoisotopic (exact) mass is 267 g/mol. The van der Waals surface area contributed by atoms with Gasteiger partial charge in [-0.3, -0.25) is 9.59 Å². The van der Waals surface area contributed by atoms with Crippen molar-refractivity contribution in [3.63, 3.8) is 0 Å². The second kappa shape index (κ2) is 6.87. The van der Waals surface area contributed by atoms with Crippen LogP contribution >= 0.6 is 0 Å². The van der Waals surface area contributed by atoms with Crippen molar-refractivity contribution in [3.05, 3.63) is 35.6 Å². The molecule has 4 nitrogen and oxygen atoms in total. The minimum Gasteiger partial charge on any atom is -0.481 e. The highest BCUT2D eigenvalue weighted by molar-refractivity contribution is 5.85. The van der Waals surface area contributed by atoms with Gasteiger partial charge in [-0.1, -0.05) is 26.0 Å². The Morgan fingerprint density at radius 1 is 1.26 bits per heavy atom. The lowest BCUT2D eigenvalue weighted by molar-refractivity contribution is -0.140. The Kier molecular flexibility index (Phi) is 5.48. The maximum atomic E-state index is 12.8. The maximum Gasteiger partial charge on any atom is 0.311 e. The fraction of sp³-hybridized carbons (Fsp3) is 0.429. The molecule has 1 rings (SSSR count). The van der Waals surface area contributed by atoms with Crippen LogP contribution in [-0.4, -0.2) is 23.5 Å². The Labute approximate surface area is 111 Å². The molecule has 0 saturated carbocycles. The molecule has 0 aliphatic carbocycles. The van der Waals surface area contributed by atoms with Gasteiger partial charge in [-0.05, 0) is 23.6 Å². The number of carbonyl (C=O) groups is 2. The molecule has 0 bridgehead atoms. The lowest BCUT2D eigenvalue weighted by atomic mass is 9.95. The van der Waals surface area contributed by atoms with E-state index < -0.39 is 17.7 Å². The first-order chi connectivity index (χ1) is 8.90. The van der Waals surface area contributed by atoms with Crippen LogP contribution in [0.15, 0.2) is 24.3 Å². The number of amides is 1. The third-order valence-corrected chi connectivity index (χ3v) is 2.67. The summed E-state index contributed by atoms with van der Waals surface area (Å²) in [7, 11) is 0. The molecule has 0 aliphatic rings. The molecule has 0 heterocycles. The average molecular weight is 267 g/mol. The molecule has 0 aliphatic heterocycles. The number of carboxylic acids is 1. The van der Waals surface area contributed by atoms with Crippen molar-refractivity contribution in [3.8, 4) is 0 Å². The predicted octanol–water partition coefficient (Wildman–Crippen LogP) is 2.16. The van der Waals surface area contributed by atoms with E-state index >= 15 is 0 Å². The highest BCUT2D eigenvalue weighted by Crippen LogP contribution is 2.20. The van der Waals surface area contributed by atoms with E-state index in [1.54, 1.807) is 0 Å². The molecular formula is C14H18FNO3. The average Bonchev–Trinajstić information content (AvgIpc) is 2.34. The molecule has 0 spiro atoms. The maximum absolute atomic E-state index is 12.8. The molecule has 0 saturated heterocycles. The van der Waals surface area contributed by atoms with Crippen LogP contribution < -0.4 is 5.32 Å². The third kappa shape index (κ3) is 5.07. The number of carbonyl (C=O) groups excluding carboxylic acids is 1. The summed E-state index contributed by atoms with van der Waals surface area (Å²) in [5.41, 5.74) is 0.425. The molecule has 1 aromatic rings. The van der Waals surface area contributed by atoms with Gasteiger partial charge in [0.05, 0.1) is 5.92 Å². The van der Waals surface area contributed by atoms with Crippen molar-refractivity contribution in [1.29, 1.82) is 0 Å². The van der Waals surface area contributed by atoms with Gasteiger partial charge in [0, 0.05) is 13.0 Å². The Hall–Kier alpha value is -1.91. The van der Waals surface area contributed by atoms with Crippen molar-refractivity contribution in [2.75, 3.05) is 6.54 Å². The lowest BCUT2D eigenvalue weighted by Gasteiger charge is -2.13. The highest BCUT2D eigenvalue weighted by Gasteiger charge is 2.23. The molecule has 19 heavy (non-hydrogen) atoms. The molecule has 104 valence electrons. The fourth-order valence-corrected chi connectivity index (χ4v) is 1.62. The second-order valence-electron chi connectivity index (χ2n) is 4.84. The van der Waals surface area contributed by atoms with E-state index in [2.05, 4.69) is 5.32 Å². The zero-order valence-electron chi connectivity index (χ0n) is 11.0. The van der Waals surface area contributed by atoms with Gasteiger partial charge in [0.25, 0.3) is 0 Å². The molecule has 1 amide bonds. The first kappa shape index (κ1) is 15.1. The Morgan fingerprint density at radius 3 is 2.32 bits per heavy atom. The van der Waals surface area contributed by atoms with Gasteiger partial charge >= 0.3 is 5.97 Å². The molecule has 1 aromatic carbocycles. The van der Waals surface area contributed by atoms with E-state index in [-0.39, 0.29) is 12.3 Å². The molecule has 0 radical (unpaired) electrons. The van der Waals surface area contributed by atoms with Gasteiger partial charge in [0.2, 0.25) is 5.91 Å². The van der Waals surface area contributed by atoms with Gasteiger partial charge in [0.15, 0.2) is 0 Å². The molecule has 5 heteroatoms. The van der Waals surface area contributed by atoms with Crippen molar-refractivity contribution in [2.45, 2.75) is 26.2 Å². The van der Waals surface area contributed by atoms with E-state index in [0.717, 1.165) is 0 Å². The third-order valence-electron chi connectivity index (χ3n) is 2.67. The topological polar surface area (TPSA) is 66.4 Å². The molecule has 0 fully saturated rings.